The Hall–Kier alpha value is -0.0800. The van der Waals surface area contributed by atoms with Gasteiger partial charge in [0.25, 0.3) is 0 Å². The Morgan fingerprint density at radius 3 is 1.88 bits per heavy atom. The Morgan fingerprint density at radius 1 is 0.812 bits per heavy atom. The molecule has 0 aromatic heterocycles. The molecule has 0 saturated carbocycles. The summed E-state index contributed by atoms with van der Waals surface area (Å²) in [4.78, 5) is 0. The van der Waals surface area contributed by atoms with Crippen LogP contribution < -0.4 is 5.73 Å². The maximum absolute atomic E-state index is 9.33. The molecule has 0 amide bonds. The van der Waals surface area contributed by atoms with E-state index in [4.69, 9.17) is 5.73 Å². The van der Waals surface area contributed by atoms with Gasteiger partial charge in [0.15, 0.2) is 0 Å². The Labute approximate surface area is 102 Å². The smallest absolute Gasteiger partial charge is 0.0611 e. The zero-order chi connectivity index (χ0) is 12.3. The van der Waals surface area contributed by atoms with Crippen LogP contribution in [0.4, 0.5) is 0 Å². The summed E-state index contributed by atoms with van der Waals surface area (Å²) < 4.78 is 0. The van der Waals surface area contributed by atoms with Gasteiger partial charge in [-0.25, -0.2) is 0 Å². The van der Waals surface area contributed by atoms with Crippen molar-refractivity contribution in [2.75, 3.05) is 6.61 Å². The maximum Gasteiger partial charge on any atom is 0.0611 e. The summed E-state index contributed by atoms with van der Waals surface area (Å²) >= 11 is 0. The molecule has 0 rings (SSSR count). The lowest BCUT2D eigenvalue weighted by atomic mass is 9.88. The van der Waals surface area contributed by atoms with E-state index in [-0.39, 0.29) is 12.1 Å². The topological polar surface area (TPSA) is 46.2 Å². The van der Waals surface area contributed by atoms with Gasteiger partial charge in [-0.1, -0.05) is 65.2 Å². The van der Waals surface area contributed by atoms with Crippen molar-refractivity contribution in [3.8, 4) is 0 Å². The van der Waals surface area contributed by atoms with Crippen molar-refractivity contribution in [3.05, 3.63) is 0 Å². The van der Waals surface area contributed by atoms with Gasteiger partial charge in [0, 0.05) is 5.54 Å². The summed E-state index contributed by atoms with van der Waals surface area (Å²) in [6.07, 6.45) is 12.0. The lowest BCUT2D eigenvalue weighted by Crippen LogP contribution is -2.43. The monoisotopic (exact) mass is 229 g/mol. The van der Waals surface area contributed by atoms with Crippen LogP contribution >= 0.6 is 0 Å². The van der Waals surface area contributed by atoms with Crippen LogP contribution in [0.25, 0.3) is 0 Å². The fraction of sp³-hybridized carbons (Fsp3) is 1.00. The molecular formula is C14H31NO. The number of aliphatic hydroxyl groups excluding tert-OH is 1. The second-order valence-electron chi connectivity index (χ2n) is 5.14. The minimum Gasteiger partial charge on any atom is -0.394 e. The van der Waals surface area contributed by atoms with E-state index in [0.717, 1.165) is 25.7 Å². The molecule has 2 heteroatoms. The Kier molecular flexibility index (Phi) is 10.0. The molecule has 0 aliphatic carbocycles. The Balaban J connectivity index is 3.53. The molecule has 0 fully saturated rings. The van der Waals surface area contributed by atoms with Crippen molar-refractivity contribution in [1.29, 1.82) is 0 Å². The highest BCUT2D eigenvalue weighted by Crippen LogP contribution is 2.19. The highest BCUT2D eigenvalue weighted by molar-refractivity contribution is 4.82. The molecule has 0 aliphatic heterocycles. The van der Waals surface area contributed by atoms with Crippen LogP contribution in [-0.4, -0.2) is 17.3 Å². The summed E-state index contributed by atoms with van der Waals surface area (Å²) in [5, 5.41) is 9.33. The van der Waals surface area contributed by atoms with Crippen LogP contribution in [0.3, 0.4) is 0 Å². The molecule has 0 saturated heterocycles. The van der Waals surface area contributed by atoms with E-state index in [1.165, 1.54) is 38.5 Å². The van der Waals surface area contributed by atoms with E-state index < -0.39 is 0 Å². The van der Waals surface area contributed by atoms with Crippen molar-refractivity contribution in [1.82, 2.24) is 0 Å². The summed E-state index contributed by atoms with van der Waals surface area (Å²) in [5.74, 6) is 0. The first kappa shape index (κ1) is 15.9. The van der Waals surface area contributed by atoms with Crippen LogP contribution in [0.1, 0.15) is 78.1 Å². The second-order valence-corrected chi connectivity index (χ2v) is 5.14. The third kappa shape index (κ3) is 8.12. The van der Waals surface area contributed by atoms with Crippen LogP contribution in [0.2, 0.25) is 0 Å². The van der Waals surface area contributed by atoms with Gasteiger partial charge in [0.2, 0.25) is 0 Å². The van der Waals surface area contributed by atoms with Crippen molar-refractivity contribution in [2.24, 2.45) is 5.73 Å². The molecule has 2 nitrogen and oxygen atoms in total. The molecule has 0 spiro atoms. The molecular weight excluding hydrogens is 198 g/mol. The summed E-state index contributed by atoms with van der Waals surface area (Å²) in [5.41, 5.74) is 5.87. The average molecular weight is 229 g/mol. The number of unbranched alkanes of at least 4 members (excludes halogenated alkanes) is 6. The van der Waals surface area contributed by atoms with E-state index in [0.29, 0.717) is 0 Å². The van der Waals surface area contributed by atoms with Gasteiger partial charge >= 0.3 is 0 Å². The molecule has 0 bridgehead atoms. The molecule has 3 N–H and O–H groups in total. The highest BCUT2D eigenvalue weighted by atomic mass is 16.3. The fourth-order valence-corrected chi connectivity index (χ4v) is 2.07. The van der Waals surface area contributed by atoms with Gasteiger partial charge in [0.05, 0.1) is 6.61 Å². The fourth-order valence-electron chi connectivity index (χ4n) is 2.07. The maximum atomic E-state index is 9.33. The summed E-state index contributed by atoms with van der Waals surface area (Å²) in [6.45, 7) is 4.55. The third-order valence-corrected chi connectivity index (χ3v) is 3.37. The zero-order valence-corrected chi connectivity index (χ0v) is 11.3. The molecule has 98 valence electrons. The van der Waals surface area contributed by atoms with E-state index in [1.54, 1.807) is 0 Å². The number of aliphatic hydroxyl groups is 1. The zero-order valence-electron chi connectivity index (χ0n) is 11.3. The predicted octanol–water partition coefficient (Wildman–Crippen LogP) is 3.62. The first-order valence-corrected chi connectivity index (χ1v) is 7.08. The van der Waals surface area contributed by atoms with Crippen LogP contribution in [0, 0.1) is 0 Å². The minimum atomic E-state index is -0.305. The number of rotatable bonds is 11. The van der Waals surface area contributed by atoms with Gasteiger partial charge in [0.1, 0.15) is 0 Å². The van der Waals surface area contributed by atoms with Gasteiger partial charge in [-0.3, -0.25) is 0 Å². The summed E-state index contributed by atoms with van der Waals surface area (Å²) in [7, 11) is 0. The van der Waals surface area contributed by atoms with Crippen molar-refractivity contribution >= 4 is 0 Å². The molecule has 0 aromatic carbocycles. The first-order valence-electron chi connectivity index (χ1n) is 7.08. The quantitative estimate of drug-likeness (QED) is 0.532. The number of nitrogens with two attached hydrogens (primary N) is 1. The van der Waals surface area contributed by atoms with Crippen molar-refractivity contribution in [2.45, 2.75) is 83.6 Å². The molecule has 1 unspecified atom stereocenters. The van der Waals surface area contributed by atoms with E-state index in [1.807, 2.05) is 0 Å². The van der Waals surface area contributed by atoms with Gasteiger partial charge in [-0.2, -0.15) is 0 Å². The largest absolute Gasteiger partial charge is 0.394 e. The van der Waals surface area contributed by atoms with Crippen molar-refractivity contribution in [3.63, 3.8) is 0 Å². The third-order valence-electron chi connectivity index (χ3n) is 3.37. The van der Waals surface area contributed by atoms with Gasteiger partial charge in [-0.05, 0) is 12.8 Å². The molecule has 16 heavy (non-hydrogen) atoms. The standard InChI is InChI=1S/C14H31NO/c1-3-5-7-8-9-10-12-14(15,13-16)11-6-4-2/h16H,3-13,15H2,1-2H3. The molecule has 0 radical (unpaired) electrons. The molecule has 1 atom stereocenters. The van der Waals surface area contributed by atoms with E-state index in [9.17, 15) is 5.11 Å². The van der Waals surface area contributed by atoms with Gasteiger partial charge < -0.3 is 10.8 Å². The van der Waals surface area contributed by atoms with E-state index >= 15 is 0 Å². The second kappa shape index (κ2) is 10.1. The molecule has 0 aliphatic rings. The molecule has 0 aromatic rings. The highest BCUT2D eigenvalue weighted by Gasteiger charge is 2.22. The van der Waals surface area contributed by atoms with Crippen LogP contribution in [0.15, 0.2) is 0 Å². The number of hydrogen-bond acceptors (Lipinski definition) is 2. The number of hydrogen-bond donors (Lipinski definition) is 2. The SMILES string of the molecule is CCCCCCCCC(N)(CO)CCCC. The Bertz CT molecular complexity index is 150. The summed E-state index contributed by atoms with van der Waals surface area (Å²) in [6, 6.07) is 0. The van der Waals surface area contributed by atoms with Crippen LogP contribution in [-0.2, 0) is 0 Å². The van der Waals surface area contributed by atoms with Crippen LogP contribution in [0.5, 0.6) is 0 Å². The average Bonchev–Trinajstić information content (AvgIpc) is 2.31. The lowest BCUT2D eigenvalue weighted by Gasteiger charge is -2.27. The van der Waals surface area contributed by atoms with Crippen molar-refractivity contribution < 1.29 is 5.11 Å². The predicted molar refractivity (Wildman–Crippen MR) is 71.5 cm³/mol. The van der Waals surface area contributed by atoms with E-state index in [2.05, 4.69) is 13.8 Å². The minimum absolute atomic E-state index is 0.141. The first-order chi connectivity index (χ1) is 7.68. The molecule has 0 heterocycles. The normalized spacial score (nSPS) is 15.0. The lowest BCUT2D eigenvalue weighted by molar-refractivity contribution is 0.172. The van der Waals surface area contributed by atoms with Gasteiger partial charge in [-0.15, -0.1) is 0 Å². The Morgan fingerprint density at radius 2 is 1.31 bits per heavy atom.